The molecule has 0 radical (unpaired) electrons. The Morgan fingerprint density at radius 2 is 1.69 bits per heavy atom. The molecular formula is C20H25NO6S2. The molecule has 1 N–H and O–H groups in total. The summed E-state index contributed by atoms with van der Waals surface area (Å²) in [4.78, 5) is 12.7. The predicted molar refractivity (Wildman–Crippen MR) is 111 cm³/mol. The zero-order valence-electron chi connectivity index (χ0n) is 16.5. The SMILES string of the molecule is CC(C)Cc1ccc(C(CN[SH](=O)=O)C(=O)Oc2ccccc2S(C)(=O)=O)cc1. The van der Waals surface area contributed by atoms with E-state index in [-0.39, 0.29) is 17.2 Å². The van der Waals surface area contributed by atoms with Crippen LogP contribution in [0.25, 0.3) is 0 Å². The molecule has 0 saturated carbocycles. The van der Waals surface area contributed by atoms with Crippen molar-refractivity contribution in [3.63, 3.8) is 0 Å². The van der Waals surface area contributed by atoms with Crippen molar-refractivity contribution in [3.8, 4) is 5.75 Å². The van der Waals surface area contributed by atoms with Gasteiger partial charge in [-0.15, -0.1) is 0 Å². The molecule has 2 aromatic rings. The highest BCUT2D eigenvalue weighted by atomic mass is 32.2. The maximum atomic E-state index is 12.8. The van der Waals surface area contributed by atoms with E-state index in [9.17, 15) is 21.6 Å². The molecule has 0 aromatic heterocycles. The van der Waals surface area contributed by atoms with Crippen molar-refractivity contribution in [2.45, 2.75) is 31.1 Å². The average Bonchev–Trinajstić information content (AvgIpc) is 2.62. The van der Waals surface area contributed by atoms with E-state index in [0.29, 0.717) is 11.5 Å². The van der Waals surface area contributed by atoms with E-state index in [1.54, 1.807) is 18.2 Å². The van der Waals surface area contributed by atoms with Gasteiger partial charge < -0.3 is 4.74 Å². The van der Waals surface area contributed by atoms with Crippen LogP contribution in [-0.4, -0.2) is 35.6 Å². The second-order valence-electron chi connectivity index (χ2n) is 7.15. The molecule has 29 heavy (non-hydrogen) atoms. The van der Waals surface area contributed by atoms with Crippen molar-refractivity contribution in [1.82, 2.24) is 4.72 Å². The molecule has 0 heterocycles. The number of thiol groups is 1. The Labute approximate surface area is 173 Å². The lowest BCUT2D eigenvalue weighted by molar-refractivity contribution is -0.136. The van der Waals surface area contributed by atoms with E-state index < -0.39 is 32.6 Å². The van der Waals surface area contributed by atoms with Gasteiger partial charge in [0, 0.05) is 12.8 Å². The van der Waals surface area contributed by atoms with Crippen LogP contribution in [0.3, 0.4) is 0 Å². The predicted octanol–water partition coefficient (Wildman–Crippen LogP) is 2.09. The lowest BCUT2D eigenvalue weighted by Gasteiger charge is -2.17. The van der Waals surface area contributed by atoms with Crippen LogP contribution in [0.1, 0.15) is 30.9 Å². The van der Waals surface area contributed by atoms with Crippen LogP contribution < -0.4 is 9.46 Å². The Bertz CT molecular complexity index is 1020. The fourth-order valence-corrected chi connectivity index (χ4v) is 4.01. The highest BCUT2D eigenvalue weighted by Gasteiger charge is 2.25. The second-order valence-corrected chi connectivity index (χ2v) is 9.97. The smallest absolute Gasteiger partial charge is 0.320 e. The highest BCUT2D eigenvalue weighted by Crippen LogP contribution is 2.26. The first-order valence-corrected chi connectivity index (χ1v) is 12.1. The first-order chi connectivity index (χ1) is 13.6. The number of para-hydroxylation sites is 1. The van der Waals surface area contributed by atoms with Crippen LogP contribution in [0.15, 0.2) is 53.4 Å². The van der Waals surface area contributed by atoms with Gasteiger partial charge in [-0.05, 0) is 35.6 Å². The third-order valence-corrected chi connectivity index (χ3v) is 5.77. The Balaban J connectivity index is 2.32. The van der Waals surface area contributed by atoms with Gasteiger partial charge in [0.2, 0.25) is 10.9 Å². The number of sulfone groups is 1. The number of ether oxygens (including phenoxy) is 1. The third-order valence-electron chi connectivity index (χ3n) is 4.19. The summed E-state index contributed by atoms with van der Waals surface area (Å²) >= 11 is 0. The van der Waals surface area contributed by atoms with Gasteiger partial charge in [-0.25, -0.2) is 21.6 Å². The van der Waals surface area contributed by atoms with Gasteiger partial charge >= 0.3 is 5.97 Å². The van der Waals surface area contributed by atoms with E-state index in [0.717, 1.165) is 18.2 Å². The Morgan fingerprint density at radius 3 is 2.24 bits per heavy atom. The summed E-state index contributed by atoms with van der Waals surface area (Å²) in [6.45, 7) is 4.01. The Hall–Kier alpha value is -2.23. The quantitative estimate of drug-likeness (QED) is 0.352. The van der Waals surface area contributed by atoms with E-state index >= 15 is 0 Å². The van der Waals surface area contributed by atoms with Crippen LogP contribution in [-0.2, 0) is 31.9 Å². The molecule has 158 valence electrons. The van der Waals surface area contributed by atoms with Crippen LogP contribution in [0, 0.1) is 5.92 Å². The van der Waals surface area contributed by atoms with Crippen molar-refractivity contribution in [2.24, 2.45) is 5.92 Å². The van der Waals surface area contributed by atoms with Gasteiger partial charge in [0.1, 0.15) is 10.6 Å². The molecule has 0 aliphatic carbocycles. The maximum absolute atomic E-state index is 12.8. The van der Waals surface area contributed by atoms with E-state index in [1.807, 2.05) is 12.1 Å². The van der Waals surface area contributed by atoms with E-state index in [2.05, 4.69) is 18.6 Å². The number of benzene rings is 2. The minimum Gasteiger partial charge on any atom is -0.425 e. The number of rotatable bonds is 9. The van der Waals surface area contributed by atoms with Crippen molar-refractivity contribution < 1.29 is 26.4 Å². The monoisotopic (exact) mass is 439 g/mol. The van der Waals surface area contributed by atoms with Gasteiger partial charge in [-0.1, -0.05) is 50.2 Å². The molecular weight excluding hydrogens is 414 g/mol. The number of nitrogens with one attached hydrogen (secondary N) is 1. The summed E-state index contributed by atoms with van der Waals surface area (Å²) in [6.07, 6.45) is 1.90. The van der Waals surface area contributed by atoms with Crippen molar-refractivity contribution in [1.29, 1.82) is 0 Å². The number of hydrogen-bond acceptors (Lipinski definition) is 6. The van der Waals surface area contributed by atoms with Gasteiger partial charge in [-0.2, -0.15) is 0 Å². The lowest BCUT2D eigenvalue weighted by atomic mass is 9.95. The van der Waals surface area contributed by atoms with Crippen molar-refractivity contribution >= 4 is 26.7 Å². The minimum atomic E-state index is -3.60. The molecule has 0 aliphatic heterocycles. The van der Waals surface area contributed by atoms with E-state index in [1.165, 1.54) is 18.2 Å². The van der Waals surface area contributed by atoms with Gasteiger partial charge in [-0.3, -0.25) is 4.79 Å². The molecule has 0 aliphatic rings. The van der Waals surface area contributed by atoms with Crippen LogP contribution >= 0.6 is 0 Å². The molecule has 0 spiro atoms. The molecule has 2 rings (SSSR count). The summed E-state index contributed by atoms with van der Waals surface area (Å²) in [5.41, 5.74) is 1.67. The van der Waals surface area contributed by atoms with Crippen LogP contribution in [0.2, 0.25) is 0 Å². The van der Waals surface area contributed by atoms with Crippen LogP contribution in [0.4, 0.5) is 0 Å². The molecule has 0 amide bonds. The molecule has 0 fully saturated rings. The van der Waals surface area contributed by atoms with Crippen molar-refractivity contribution in [2.75, 3.05) is 12.8 Å². The lowest BCUT2D eigenvalue weighted by Crippen LogP contribution is -2.29. The molecule has 0 bridgehead atoms. The zero-order chi connectivity index (χ0) is 21.6. The third kappa shape index (κ3) is 6.95. The van der Waals surface area contributed by atoms with Crippen LogP contribution in [0.5, 0.6) is 5.75 Å². The van der Waals surface area contributed by atoms with Gasteiger partial charge in [0.05, 0.1) is 5.92 Å². The molecule has 0 saturated heterocycles. The number of hydrogen-bond donors (Lipinski definition) is 2. The second kappa shape index (κ2) is 10.00. The Morgan fingerprint density at radius 1 is 1.07 bits per heavy atom. The van der Waals surface area contributed by atoms with Gasteiger partial charge in [0.15, 0.2) is 9.84 Å². The molecule has 9 heteroatoms. The largest absolute Gasteiger partial charge is 0.425 e. The first kappa shape index (κ1) is 23.1. The number of esters is 1. The number of carbonyl (C=O) groups excluding carboxylic acids is 1. The summed E-state index contributed by atoms with van der Waals surface area (Å²) in [5, 5.41) is 0. The normalized spacial score (nSPS) is 12.9. The highest BCUT2D eigenvalue weighted by molar-refractivity contribution is 7.90. The standard InChI is InChI=1S/C20H25NO6S2/c1-14(2)12-15-8-10-16(11-9-15)17(13-21-28(23)24)20(22)27-18-6-4-5-7-19(18)29(3,25)26/h4-11,14,17,28H,12-13H2,1-3H3,(H,21,23,24). The zero-order valence-corrected chi connectivity index (χ0v) is 18.2. The molecule has 1 unspecified atom stereocenters. The summed E-state index contributed by atoms with van der Waals surface area (Å²) in [5.74, 6) is -1.29. The molecule has 1 atom stereocenters. The summed E-state index contributed by atoms with van der Waals surface area (Å²) in [6, 6.07) is 13.1. The average molecular weight is 440 g/mol. The van der Waals surface area contributed by atoms with Gasteiger partial charge in [0.25, 0.3) is 0 Å². The fourth-order valence-electron chi connectivity index (χ4n) is 2.88. The minimum absolute atomic E-state index is 0.0899. The number of carbonyl (C=O) groups is 1. The summed E-state index contributed by atoms with van der Waals surface area (Å²) in [7, 11) is -6.51. The maximum Gasteiger partial charge on any atom is 0.320 e. The molecule has 7 nitrogen and oxygen atoms in total. The Kier molecular flexibility index (Phi) is 7.95. The first-order valence-electron chi connectivity index (χ1n) is 9.05. The van der Waals surface area contributed by atoms with Crippen molar-refractivity contribution in [3.05, 3.63) is 59.7 Å². The topological polar surface area (TPSA) is 107 Å². The fraction of sp³-hybridized carbons (Fsp3) is 0.350. The summed E-state index contributed by atoms with van der Waals surface area (Å²) < 4.78 is 53.4. The van der Waals surface area contributed by atoms with E-state index in [4.69, 9.17) is 4.74 Å². The molecule has 2 aromatic carbocycles.